The summed E-state index contributed by atoms with van der Waals surface area (Å²) >= 11 is 5.67. The number of H-pyrrole nitrogens is 1. The molecule has 1 aromatic heterocycles. The predicted octanol–water partition coefficient (Wildman–Crippen LogP) is 1.93. The first-order valence-electron chi connectivity index (χ1n) is 5.11. The summed E-state index contributed by atoms with van der Waals surface area (Å²) in [5.74, 6) is -0.271. The molecule has 0 aliphatic carbocycles. The van der Waals surface area contributed by atoms with Gasteiger partial charge < -0.3 is 5.32 Å². The van der Waals surface area contributed by atoms with Gasteiger partial charge in [0.25, 0.3) is 11.6 Å². The van der Waals surface area contributed by atoms with Crippen LogP contribution in [0.3, 0.4) is 0 Å². The molecule has 0 aliphatic heterocycles. The number of hydrogen-bond acceptors (Lipinski definition) is 5. The van der Waals surface area contributed by atoms with Crippen LogP contribution in [0.1, 0.15) is 16.4 Å². The summed E-state index contributed by atoms with van der Waals surface area (Å²) in [6, 6.07) is 3.94. The average Bonchev–Trinajstić information content (AvgIpc) is 2.78. The van der Waals surface area contributed by atoms with Gasteiger partial charge in [0.1, 0.15) is 11.5 Å². The molecule has 1 amide bonds. The largest absolute Gasteiger partial charge is 0.313 e. The Labute approximate surface area is 112 Å². The lowest BCUT2D eigenvalue weighted by Gasteiger charge is -2.03. The van der Waals surface area contributed by atoms with Crippen LogP contribution < -0.4 is 5.32 Å². The molecule has 2 rings (SSSR count). The molecule has 0 spiro atoms. The summed E-state index contributed by atoms with van der Waals surface area (Å²) in [5, 5.41) is 19.6. The van der Waals surface area contributed by atoms with Crippen LogP contribution in [0.2, 0.25) is 5.02 Å². The van der Waals surface area contributed by atoms with Crippen LogP contribution in [0.15, 0.2) is 18.2 Å². The van der Waals surface area contributed by atoms with Gasteiger partial charge >= 0.3 is 0 Å². The lowest BCUT2D eigenvalue weighted by Crippen LogP contribution is -2.14. The average molecular weight is 282 g/mol. The number of nitro groups is 1. The standard InChI is InChI=1S/C10H8ClN5O3/c1-5-12-9(15-14-5)10(17)13-7-3-2-6(11)4-8(7)16(18)19/h2-4H,1H3,(H,13,17)(H,12,14,15). The van der Waals surface area contributed by atoms with Gasteiger partial charge in [-0.2, -0.15) is 0 Å². The van der Waals surface area contributed by atoms with E-state index in [4.69, 9.17) is 11.6 Å². The van der Waals surface area contributed by atoms with Crippen LogP contribution in [0, 0.1) is 17.0 Å². The number of carbonyl (C=O) groups is 1. The van der Waals surface area contributed by atoms with Crippen molar-refractivity contribution in [2.24, 2.45) is 0 Å². The second kappa shape index (κ2) is 5.02. The van der Waals surface area contributed by atoms with Crippen molar-refractivity contribution >= 4 is 28.9 Å². The minimum Gasteiger partial charge on any atom is -0.313 e. The first kappa shape index (κ1) is 13.0. The Kier molecular flexibility index (Phi) is 3.43. The number of anilines is 1. The smallest absolute Gasteiger partial charge is 0.295 e. The maximum Gasteiger partial charge on any atom is 0.295 e. The summed E-state index contributed by atoms with van der Waals surface area (Å²) in [6.45, 7) is 1.63. The van der Waals surface area contributed by atoms with E-state index in [0.717, 1.165) is 6.07 Å². The van der Waals surface area contributed by atoms with Gasteiger partial charge in [0.15, 0.2) is 0 Å². The molecule has 0 bridgehead atoms. The zero-order valence-corrected chi connectivity index (χ0v) is 10.4. The van der Waals surface area contributed by atoms with E-state index < -0.39 is 10.8 Å². The summed E-state index contributed by atoms with van der Waals surface area (Å²) in [7, 11) is 0. The van der Waals surface area contributed by atoms with E-state index in [2.05, 4.69) is 20.5 Å². The topological polar surface area (TPSA) is 114 Å². The van der Waals surface area contributed by atoms with E-state index in [0.29, 0.717) is 5.82 Å². The zero-order chi connectivity index (χ0) is 14.0. The molecule has 0 unspecified atom stereocenters. The van der Waals surface area contributed by atoms with Crippen molar-refractivity contribution in [3.05, 3.63) is 45.0 Å². The third-order valence-corrected chi connectivity index (χ3v) is 2.44. The molecule has 1 heterocycles. The number of nitrogens with one attached hydrogen (secondary N) is 2. The highest BCUT2D eigenvalue weighted by Crippen LogP contribution is 2.27. The van der Waals surface area contributed by atoms with Crippen molar-refractivity contribution < 1.29 is 9.72 Å². The summed E-state index contributed by atoms with van der Waals surface area (Å²) in [4.78, 5) is 25.8. The number of rotatable bonds is 3. The molecule has 19 heavy (non-hydrogen) atoms. The molecule has 1 aromatic carbocycles. The van der Waals surface area contributed by atoms with Crippen LogP contribution in [0.5, 0.6) is 0 Å². The van der Waals surface area contributed by atoms with Crippen LogP contribution in [-0.2, 0) is 0 Å². The highest BCUT2D eigenvalue weighted by Gasteiger charge is 2.19. The van der Waals surface area contributed by atoms with E-state index in [9.17, 15) is 14.9 Å². The van der Waals surface area contributed by atoms with Crippen molar-refractivity contribution in [2.45, 2.75) is 6.92 Å². The number of halogens is 1. The molecule has 0 atom stereocenters. The molecule has 98 valence electrons. The number of nitro benzene ring substituents is 1. The number of amides is 1. The molecule has 8 nitrogen and oxygen atoms in total. The highest BCUT2D eigenvalue weighted by atomic mass is 35.5. The second-order valence-corrected chi connectivity index (χ2v) is 4.05. The highest BCUT2D eigenvalue weighted by molar-refractivity contribution is 6.31. The van der Waals surface area contributed by atoms with Gasteiger partial charge in [0.2, 0.25) is 5.82 Å². The van der Waals surface area contributed by atoms with Gasteiger partial charge in [-0.3, -0.25) is 20.0 Å². The number of carbonyl (C=O) groups excluding carboxylic acids is 1. The first-order chi connectivity index (χ1) is 8.97. The zero-order valence-electron chi connectivity index (χ0n) is 9.68. The quantitative estimate of drug-likeness (QED) is 0.659. The fourth-order valence-electron chi connectivity index (χ4n) is 1.38. The molecule has 0 saturated carbocycles. The van der Waals surface area contributed by atoms with Gasteiger partial charge in [-0.15, -0.1) is 5.10 Å². The lowest BCUT2D eigenvalue weighted by molar-refractivity contribution is -0.383. The molecular formula is C10H8ClN5O3. The van der Waals surface area contributed by atoms with Crippen molar-refractivity contribution in [2.75, 3.05) is 5.32 Å². The van der Waals surface area contributed by atoms with E-state index in [1.165, 1.54) is 12.1 Å². The van der Waals surface area contributed by atoms with Gasteiger partial charge in [-0.05, 0) is 19.1 Å². The van der Waals surface area contributed by atoms with Crippen LogP contribution in [0.4, 0.5) is 11.4 Å². The van der Waals surface area contributed by atoms with Gasteiger partial charge in [0, 0.05) is 11.1 Å². The number of aryl methyl sites for hydroxylation is 1. The van der Waals surface area contributed by atoms with Gasteiger partial charge in [-0.25, -0.2) is 4.98 Å². The summed E-state index contributed by atoms with van der Waals surface area (Å²) in [5.41, 5.74) is -0.269. The molecular weight excluding hydrogens is 274 g/mol. The Balaban J connectivity index is 2.28. The van der Waals surface area contributed by atoms with E-state index in [1.807, 2.05) is 0 Å². The van der Waals surface area contributed by atoms with Crippen molar-refractivity contribution in [3.8, 4) is 0 Å². The number of hydrogen-bond donors (Lipinski definition) is 2. The monoisotopic (exact) mass is 281 g/mol. The Hall–Kier alpha value is -2.48. The van der Waals surface area contributed by atoms with E-state index in [-0.39, 0.29) is 22.2 Å². The first-order valence-corrected chi connectivity index (χ1v) is 5.49. The minimum atomic E-state index is -0.644. The van der Waals surface area contributed by atoms with Crippen molar-refractivity contribution in [1.82, 2.24) is 15.2 Å². The summed E-state index contributed by atoms with van der Waals surface area (Å²) in [6.07, 6.45) is 0. The Morgan fingerprint density at radius 1 is 1.53 bits per heavy atom. The van der Waals surface area contributed by atoms with Crippen LogP contribution >= 0.6 is 11.6 Å². The third kappa shape index (κ3) is 2.86. The molecule has 0 radical (unpaired) electrons. The van der Waals surface area contributed by atoms with Gasteiger partial charge in [0.05, 0.1) is 4.92 Å². The SMILES string of the molecule is Cc1nc(C(=O)Nc2ccc(Cl)cc2[N+](=O)[O-])n[nH]1. The van der Waals surface area contributed by atoms with E-state index in [1.54, 1.807) is 6.92 Å². The van der Waals surface area contributed by atoms with Crippen molar-refractivity contribution in [3.63, 3.8) is 0 Å². The molecule has 2 N–H and O–H groups in total. The van der Waals surface area contributed by atoms with Crippen molar-refractivity contribution in [1.29, 1.82) is 0 Å². The molecule has 9 heteroatoms. The number of benzene rings is 1. The Bertz CT molecular complexity index is 654. The van der Waals surface area contributed by atoms with Gasteiger partial charge in [-0.1, -0.05) is 11.6 Å². The maximum absolute atomic E-state index is 11.8. The van der Waals surface area contributed by atoms with Crippen LogP contribution in [0.25, 0.3) is 0 Å². The Morgan fingerprint density at radius 2 is 2.26 bits per heavy atom. The summed E-state index contributed by atoms with van der Waals surface area (Å²) < 4.78 is 0. The molecule has 0 aliphatic rings. The lowest BCUT2D eigenvalue weighted by atomic mass is 10.2. The van der Waals surface area contributed by atoms with Crippen LogP contribution in [-0.4, -0.2) is 26.0 Å². The fraction of sp³-hybridized carbons (Fsp3) is 0.100. The van der Waals surface area contributed by atoms with E-state index >= 15 is 0 Å². The number of nitrogens with zero attached hydrogens (tertiary/aromatic N) is 3. The predicted molar refractivity (Wildman–Crippen MR) is 67.2 cm³/mol. The number of aromatic nitrogens is 3. The molecule has 2 aromatic rings. The fourth-order valence-corrected chi connectivity index (χ4v) is 1.55. The molecule has 0 fully saturated rings. The molecule has 0 saturated heterocycles. The second-order valence-electron chi connectivity index (χ2n) is 3.62. The Morgan fingerprint density at radius 3 is 2.84 bits per heavy atom. The number of aromatic amines is 1. The third-order valence-electron chi connectivity index (χ3n) is 2.20. The minimum absolute atomic E-state index is 0.0295. The maximum atomic E-state index is 11.8. The normalized spacial score (nSPS) is 10.2.